The first-order chi connectivity index (χ1) is 15.7. The maximum absolute atomic E-state index is 13.0. The summed E-state index contributed by atoms with van der Waals surface area (Å²) >= 11 is 0. The highest BCUT2D eigenvalue weighted by Crippen LogP contribution is 2.26. The standard InChI is InChI=1S/C23H25N5O4S/c1-15(29)18-5-4-8-21(14-18)33(31,32)28-11-9-17(10-12-28)23(30)25-20-7-3-6-19(13-20)22-24-16(2)26-27-22/h3-8,13-14,17H,9-12H2,1-2H3,(H,25,30)(H,24,26,27). The van der Waals surface area contributed by atoms with Crippen LogP contribution in [0.1, 0.15) is 35.9 Å². The van der Waals surface area contributed by atoms with Gasteiger partial charge in [0.15, 0.2) is 11.6 Å². The van der Waals surface area contributed by atoms with Crippen molar-refractivity contribution in [2.45, 2.75) is 31.6 Å². The van der Waals surface area contributed by atoms with E-state index >= 15 is 0 Å². The molecule has 2 N–H and O–H groups in total. The fraction of sp³-hybridized carbons (Fsp3) is 0.304. The number of aromatic nitrogens is 3. The molecule has 1 fully saturated rings. The number of sulfonamides is 1. The Labute approximate surface area is 192 Å². The van der Waals surface area contributed by atoms with Crippen LogP contribution in [0.3, 0.4) is 0 Å². The van der Waals surface area contributed by atoms with Crippen molar-refractivity contribution in [1.29, 1.82) is 0 Å². The lowest BCUT2D eigenvalue weighted by Crippen LogP contribution is -2.41. The summed E-state index contributed by atoms with van der Waals surface area (Å²) < 4.78 is 27.4. The number of Topliss-reactive ketones (excluding diaryl/α,β-unsaturated/α-hetero) is 1. The van der Waals surface area contributed by atoms with E-state index in [2.05, 4.69) is 20.5 Å². The van der Waals surface area contributed by atoms with Crippen LogP contribution in [-0.2, 0) is 14.8 Å². The molecule has 0 saturated carbocycles. The normalized spacial score (nSPS) is 15.3. The Morgan fingerprint density at radius 3 is 2.48 bits per heavy atom. The third-order valence-electron chi connectivity index (χ3n) is 5.69. The van der Waals surface area contributed by atoms with Gasteiger partial charge in [0.1, 0.15) is 5.82 Å². The number of nitrogens with one attached hydrogen (secondary N) is 2. The number of hydrogen-bond acceptors (Lipinski definition) is 6. The third-order valence-corrected chi connectivity index (χ3v) is 7.58. The highest BCUT2D eigenvalue weighted by atomic mass is 32.2. The van der Waals surface area contributed by atoms with Gasteiger partial charge in [-0.1, -0.05) is 24.3 Å². The van der Waals surface area contributed by atoms with Crippen molar-refractivity contribution in [2.75, 3.05) is 18.4 Å². The van der Waals surface area contributed by atoms with Crippen LogP contribution in [0.15, 0.2) is 53.4 Å². The highest BCUT2D eigenvalue weighted by Gasteiger charge is 2.32. The Bertz CT molecular complexity index is 1290. The molecule has 1 amide bonds. The highest BCUT2D eigenvalue weighted by molar-refractivity contribution is 7.89. The molecule has 172 valence electrons. The zero-order chi connectivity index (χ0) is 23.6. The van der Waals surface area contributed by atoms with Gasteiger partial charge >= 0.3 is 0 Å². The molecule has 0 spiro atoms. The maximum atomic E-state index is 13.0. The van der Waals surface area contributed by atoms with E-state index in [0.29, 0.717) is 35.7 Å². The Hall–Kier alpha value is -3.37. The van der Waals surface area contributed by atoms with Crippen molar-refractivity contribution >= 4 is 27.4 Å². The molecule has 4 rings (SSSR count). The number of nitrogens with zero attached hydrogens (tertiary/aromatic N) is 3. The number of hydrogen-bond donors (Lipinski definition) is 2. The molecular weight excluding hydrogens is 442 g/mol. The number of ketones is 1. The summed E-state index contributed by atoms with van der Waals surface area (Å²) in [6.45, 7) is 3.69. The smallest absolute Gasteiger partial charge is 0.243 e. The number of anilines is 1. The predicted octanol–water partition coefficient (Wildman–Crippen LogP) is 3.02. The molecule has 2 aromatic carbocycles. The number of H-pyrrole nitrogens is 1. The molecule has 0 aliphatic carbocycles. The molecular formula is C23H25N5O4S. The molecule has 1 aliphatic rings. The summed E-state index contributed by atoms with van der Waals surface area (Å²) in [6.07, 6.45) is 0.828. The molecule has 1 aliphatic heterocycles. The Morgan fingerprint density at radius 1 is 1.09 bits per heavy atom. The van der Waals surface area contributed by atoms with Crippen molar-refractivity contribution in [3.8, 4) is 11.4 Å². The lowest BCUT2D eigenvalue weighted by molar-refractivity contribution is -0.120. The van der Waals surface area contributed by atoms with E-state index in [9.17, 15) is 18.0 Å². The van der Waals surface area contributed by atoms with Gasteiger partial charge in [0.25, 0.3) is 0 Å². The SMILES string of the molecule is CC(=O)c1cccc(S(=O)(=O)N2CCC(C(=O)Nc3cccc(-c4n[nH]c(C)n4)c3)CC2)c1. The summed E-state index contributed by atoms with van der Waals surface area (Å²) in [5, 5.41) is 9.86. The Kier molecular flexibility index (Phi) is 6.39. The summed E-state index contributed by atoms with van der Waals surface area (Å²) in [5.74, 6) is 0.623. The molecule has 1 aromatic heterocycles. The summed E-state index contributed by atoms with van der Waals surface area (Å²) in [4.78, 5) is 28.8. The largest absolute Gasteiger partial charge is 0.326 e. The minimum atomic E-state index is -3.73. The molecule has 0 radical (unpaired) electrons. The van der Waals surface area contributed by atoms with E-state index in [1.807, 2.05) is 25.1 Å². The van der Waals surface area contributed by atoms with Crippen LogP contribution >= 0.6 is 0 Å². The molecule has 2 heterocycles. The molecule has 9 nitrogen and oxygen atoms in total. The molecule has 0 unspecified atom stereocenters. The zero-order valence-electron chi connectivity index (χ0n) is 18.4. The number of amides is 1. The van der Waals surface area contributed by atoms with E-state index in [1.54, 1.807) is 18.2 Å². The van der Waals surface area contributed by atoms with Crippen molar-refractivity contribution in [2.24, 2.45) is 5.92 Å². The van der Waals surface area contributed by atoms with Gasteiger partial charge in [0, 0.05) is 35.8 Å². The van der Waals surface area contributed by atoms with Gasteiger partial charge in [-0.2, -0.15) is 9.40 Å². The number of carbonyl (C=O) groups excluding carboxylic acids is 2. The Balaban J connectivity index is 1.39. The number of aromatic amines is 1. The van der Waals surface area contributed by atoms with Gasteiger partial charge in [-0.05, 0) is 51.0 Å². The lowest BCUT2D eigenvalue weighted by Gasteiger charge is -2.30. The van der Waals surface area contributed by atoms with E-state index < -0.39 is 10.0 Å². The molecule has 10 heteroatoms. The second-order valence-corrected chi connectivity index (χ2v) is 10.0. The first-order valence-electron chi connectivity index (χ1n) is 10.7. The van der Waals surface area contributed by atoms with Crippen LogP contribution in [0, 0.1) is 12.8 Å². The number of benzene rings is 2. The molecule has 1 saturated heterocycles. The van der Waals surface area contributed by atoms with Crippen molar-refractivity contribution < 1.29 is 18.0 Å². The maximum Gasteiger partial charge on any atom is 0.243 e. The summed E-state index contributed by atoms with van der Waals surface area (Å²) in [6, 6.07) is 13.3. The van der Waals surface area contributed by atoms with Crippen LogP contribution in [-0.4, -0.2) is 52.7 Å². The molecule has 3 aromatic rings. The van der Waals surface area contributed by atoms with Gasteiger partial charge < -0.3 is 5.32 Å². The van der Waals surface area contributed by atoms with Gasteiger partial charge in [-0.25, -0.2) is 13.4 Å². The summed E-state index contributed by atoms with van der Waals surface area (Å²) in [5.41, 5.74) is 1.77. The second-order valence-electron chi connectivity index (χ2n) is 8.08. The van der Waals surface area contributed by atoms with Gasteiger partial charge in [0.05, 0.1) is 4.90 Å². The average molecular weight is 468 g/mol. The quantitative estimate of drug-likeness (QED) is 0.537. The van der Waals surface area contributed by atoms with Crippen LogP contribution < -0.4 is 5.32 Å². The zero-order valence-corrected chi connectivity index (χ0v) is 19.2. The van der Waals surface area contributed by atoms with E-state index in [-0.39, 0.29) is 35.6 Å². The monoisotopic (exact) mass is 467 g/mol. The van der Waals surface area contributed by atoms with Crippen LogP contribution in [0.2, 0.25) is 0 Å². The molecule has 0 atom stereocenters. The van der Waals surface area contributed by atoms with Gasteiger partial charge in [0.2, 0.25) is 15.9 Å². The number of rotatable bonds is 6. The topological polar surface area (TPSA) is 125 Å². The first kappa shape index (κ1) is 22.8. The summed E-state index contributed by atoms with van der Waals surface area (Å²) in [7, 11) is -3.73. The van der Waals surface area contributed by atoms with Crippen molar-refractivity contribution in [3.63, 3.8) is 0 Å². The van der Waals surface area contributed by atoms with Crippen molar-refractivity contribution in [1.82, 2.24) is 19.5 Å². The van der Waals surface area contributed by atoms with Crippen LogP contribution in [0.4, 0.5) is 5.69 Å². The van der Waals surface area contributed by atoms with Crippen LogP contribution in [0.5, 0.6) is 0 Å². The average Bonchev–Trinajstić information content (AvgIpc) is 3.26. The number of piperidine rings is 1. The van der Waals surface area contributed by atoms with Crippen molar-refractivity contribution in [3.05, 3.63) is 59.9 Å². The number of aryl methyl sites for hydroxylation is 1. The minimum Gasteiger partial charge on any atom is -0.326 e. The molecule has 33 heavy (non-hydrogen) atoms. The van der Waals surface area contributed by atoms with Gasteiger partial charge in [-0.15, -0.1) is 0 Å². The van der Waals surface area contributed by atoms with E-state index in [0.717, 1.165) is 5.56 Å². The first-order valence-corrected chi connectivity index (χ1v) is 12.1. The van der Waals surface area contributed by atoms with Gasteiger partial charge in [-0.3, -0.25) is 14.7 Å². The predicted molar refractivity (Wildman–Crippen MR) is 123 cm³/mol. The Morgan fingerprint density at radius 2 is 1.82 bits per heavy atom. The van der Waals surface area contributed by atoms with E-state index in [1.165, 1.54) is 23.4 Å². The van der Waals surface area contributed by atoms with E-state index in [4.69, 9.17) is 0 Å². The third kappa shape index (κ3) is 5.01. The number of carbonyl (C=O) groups is 2. The second kappa shape index (κ2) is 9.24. The fourth-order valence-corrected chi connectivity index (χ4v) is 5.35. The fourth-order valence-electron chi connectivity index (χ4n) is 3.84. The molecule has 0 bridgehead atoms. The van der Waals surface area contributed by atoms with Crippen LogP contribution in [0.25, 0.3) is 11.4 Å². The minimum absolute atomic E-state index is 0.0946. The lowest BCUT2D eigenvalue weighted by atomic mass is 9.97.